The van der Waals surface area contributed by atoms with E-state index in [0.29, 0.717) is 5.39 Å². The first-order chi connectivity index (χ1) is 11.1. The van der Waals surface area contributed by atoms with E-state index >= 15 is 0 Å². The van der Waals surface area contributed by atoms with Gasteiger partial charge in [0.05, 0.1) is 5.69 Å². The van der Waals surface area contributed by atoms with Crippen LogP contribution in [0.15, 0.2) is 41.3 Å². The van der Waals surface area contributed by atoms with E-state index < -0.39 is 32.3 Å². The highest BCUT2D eigenvalue weighted by molar-refractivity contribution is 7.86. The molecule has 128 valence electrons. The molecule has 0 fully saturated rings. The predicted molar refractivity (Wildman–Crippen MR) is 88.5 cm³/mol. The lowest BCUT2D eigenvalue weighted by Gasteiger charge is -2.24. The predicted octanol–water partition coefficient (Wildman–Crippen LogP) is 2.02. The summed E-state index contributed by atoms with van der Waals surface area (Å²) in [7, 11) is -3.42. The zero-order valence-electron chi connectivity index (χ0n) is 13.4. The molecule has 2 aromatic carbocycles. The highest BCUT2D eigenvalue weighted by Crippen LogP contribution is 2.31. The Hall–Kier alpha value is -2.29. The van der Waals surface area contributed by atoms with Gasteiger partial charge in [-0.25, -0.2) is 0 Å². The number of hydrogen-bond donors (Lipinski definition) is 2. The van der Waals surface area contributed by atoms with Crippen LogP contribution >= 0.6 is 0 Å². The van der Waals surface area contributed by atoms with Crippen molar-refractivity contribution in [2.24, 2.45) is 0 Å². The number of hydrogen-bond acceptors (Lipinski definition) is 5. The third-order valence-electron chi connectivity index (χ3n) is 3.90. The molecule has 2 N–H and O–H groups in total. The Kier molecular flexibility index (Phi) is 4.75. The van der Waals surface area contributed by atoms with Gasteiger partial charge in [-0.3, -0.25) is 14.1 Å². The first-order valence-corrected chi connectivity index (χ1v) is 8.42. The van der Waals surface area contributed by atoms with Crippen LogP contribution in [-0.4, -0.2) is 37.4 Å². The summed E-state index contributed by atoms with van der Waals surface area (Å²) < 4.78 is 38.2. The summed E-state index contributed by atoms with van der Waals surface area (Å²) in [6, 6.07) is 9.44. The van der Waals surface area contributed by atoms with E-state index in [2.05, 4.69) is 5.32 Å². The molecule has 0 aliphatic rings. The van der Waals surface area contributed by atoms with E-state index in [1.165, 1.54) is 33.1 Å². The van der Waals surface area contributed by atoms with Gasteiger partial charge in [0.15, 0.2) is 5.78 Å². The fourth-order valence-electron chi connectivity index (χ4n) is 2.26. The van der Waals surface area contributed by atoms with Crippen LogP contribution in [0.25, 0.3) is 10.8 Å². The molecule has 1 unspecified atom stereocenters. The minimum absolute atomic E-state index is 0.134. The van der Waals surface area contributed by atoms with Crippen molar-refractivity contribution in [3.63, 3.8) is 0 Å². The number of carbonyl (C=O) groups is 2. The number of Topliss-reactive ketones (excluding diaryl/α,β-unsaturated/α-hetero) is 1. The Morgan fingerprint density at radius 1 is 1.17 bits per heavy atom. The first kappa shape index (κ1) is 18.1. The van der Waals surface area contributed by atoms with Crippen LogP contribution in [0.3, 0.4) is 0 Å². The average Bonchev–Trinajstić information content (AvgIpc) is 2.52. The van der Waals surface area contributed by atoms with Crippen LogP contribution in [0.5, 0.6) is 0 Å². The summed E-state index contributed by atoms with van der Waals surface area (Å²) >= 11 is 0. The van der Waals surface area contributed by atoms with Gasteiger partial charge in [-0.15, -0.1) is 0 Å². The van der Waals surface area contributed by atoms with Crippen LogP contribution in [0.4, 0.5) is 5.69 Å². The third-order valence-corrected chi connectivity index (χ3v) is 4.85. The van der Waals surface area contributed by atoms with Crippen molar-refractivity contribution in [2.45, 2.75) is 24.3 Å². The van der Waals surface area contributed by atoms with Gasteiger partial charge in [0, 0.05) is 12.5 Å². The quantitative estimate of drug-likeness (QED) is 0.630. The van der Waals surface area contributed by atoms with Gasteiger partial charge < -0.3 is 10.1 Å². The van der Waals surface area contributed by atoms with Crippen LogP contribution in [0, 0.1) is 0 Å². The molecule has 0 aliphatic carbocycles. The fraction of sp³-hybridized carbons (Fsp3) is 0.250. The van der Waals surface area contributed by atoms with Crippen molar-refractivity contribution < 1.29 is 27.3 Å². The van der Waals surface area contributed by atoms with Gasteiger partial charge in [-0.1, -0.05) is 30.3 Å². The monoisotopic (exact) mass is 351 g/mol. The van der Waals surface area contributed by atoms with E-state index in [0.717, 1.165) is 0 Å². The minimum atomic E-state index is -4.62. The van der Waals surface area contributed by atoms with Gasteiger partial charge in [0.25, 0.3) is 16.0 Å². The summed E-state index contributed by atoms with van der Waals surface area (Å²) in [6.45, 7) is 2.46. The Bertz CT molecular complexity index is 921. The molecule has 0 bridgehead atoms. The van der Waals surface area contributed by atoms with Gasteiger partial charge >= 0.3 is 0 Å². The van der Waals surface area contributed by atoms with Crippen molar-refractivity contribution in [3.8, 4) is 0 Å². The molecule has 0 saturated heterocycles. The summed E-state index contributed by atoms with van der Waals surface area (Å²) in [5.41, 5.74) is -1.91. The third kappa shape index (κ3) is 3.16. The molecule has 8 heteroatoms. The Balaban J connectivity index is 2.62. The Labute approximate surface area is 139 Å². The summed E-state index contributed by atoms with van der Waals surface area (Å²) in [5.74, 6) is -1.38. The topological polar surface area (TPSA) is 110 Å². The SMILES string of the molecule is COC(C)(C(C)=O)C(=O)Nc1ccc2ccccc2c1S(=O)(=O)O. The highest BCUT2D eigenvalue weighted by Gasteiger charge is 2.39. The van der Waals surface area contributed by atoms with Crippen LogP contribution in [0.1, 0.15) is 13.8 Å². The second-order valence-electron chi connectivity index (χ2n) is 5.39. The van der Waals surface area contributed by atoms with Gasteiger partial charge in [-0.2, -0.15) is 8.42 Å². The molecule has 2 rings (SSSR count). The molecule has 0 heterocycles. The van der Waals surface area contributed by atoms with E-state index in [-0.39, 0.29) is 11.1 Å². The van der Waals surface area contributed by atoms with Crippen molar-refractivity contribution in [3.05, 3.63) is 36.4 Å². The van der Waals surface area contributed by atoms with E-state index in [1.807, 2.05) is 0 Å². The van der Waals surface area contributed by atoms with Gasteiger partial charge in [0.1, 0.15) is 4.90 Å². The van der Waals surface area contributed by atoms with Crippen molar-refractivity contribution >= 4 is 38.3 Å². The minimum Gasteiger partial charge on any atom is -0.361 e. The number of ketones is 1. The smallest absolute Gasteiger partial charge is 0.297 e. The van der Waals surface area contributed by atoms with Crippen molar-refractivity contribution in [1.82, 2.24) is 0 Å². The molecule has 0 aromatic heterocycles. The number of methoxy groups -OCH3 is 1. The molecule has 1 amide bonds. The lowest BCUT2D eigenvalue weighted by molar-refractivity contribution is -0.149. The summed E-state index contributed by atoms with van der Waals surface area (Å²) in [4.78, 5) is 23.6. The molecule has 0 radical (unpaired) electrons. The molecule has 0 saturated carbocycles. The van der Waals surface area contributed by atoms with Crippen LogP contribution in [-0.2, 0) is 24.4 Å². The normalized spacial score (nSPS) is 14.2. The summed E-state index contributed by atoms with van der Waals surface area (Å²) in [5, 5.41) is 3.18. The average molecular weight is 351 g/mol. The summed E-state index contributed by atoms with van der Waals surface area (Å²) in [6.07, 6.45) is 0. The lowest BCUT2D eigenvalue weighted by Crippen LogP contribution is -2.47. The zero-order chi connectivity index (χ0) is 18.1. The molecular weight excluding hydrogens is 334 g/mol. The maximum absolute atomic E-state index is 12.4. The maximum atomic E-state index is 12.4. The fourth-order valence-corrected chi connectivity index (χ4v) is 3.12. The van der Waals surface area contributed by atoms with Gasteiger partial charge in [-0.05, 0) is 25.3 Å². The van der Waals surface area contributed by atoms with Crippen LogP contribution < -0.4 is 5.32 Å². The molecule has 7 nitrogen and oxygen atoms in total. The maximum Gasteiger partial charge on any atom is 0.297 e. The second-order valence-corrected chi connectivity index (χ2v) is 6.74. The molecule has 24 heavy (non-hydrogen) atoms. The van der Waals surface area contributed by atoms with Gasteiger partial charge in [0.2, 0.25) is 5.60 Å². The largest absolute Gasteiger partial charge is 0.361 e. The molecular formula is C16H17NO6S. The number of amides is 1. The highest BCUT2D eigenvalue weighted by atomic mass is 32.2. The number of ether oxygens (including phenoxy) is 1. The van der Waals surface area contributed by atoms with E-state index in [1.54, 1.807) is 24.3 Å². The number of rotatable bonds is 5. The number of nitrogens with one attached hydrogen (secondary N) is 1. The standard InChI is InChI=1S/C16H17NO6S/c1-10(18)16(2,23-3)15(19)17-13-9-8-11-6-4-5-7-12(11)14(13)24(20,21)22/h4-9H,1-3H3,(H,17,19)(H,20,21,22). The van der Waals surface area contributed by atoms with Crippen LogP contribution in [0.2, 0.25) is 0 Å². The molecule has 1 atom stereocenters. The van der Waals surface area contributed by atoms with Crippen molar-refractivity contribution in [2.75, 3.05) is 12.4 Å². The molecule has 0 aliphatic heterocycles. The van der Waals surface area contributed by atoms with E-state index in [9.17, 15) is 22.6 Å². The first-order valence-electron chi connectivity index (χ1n) is 6.98. The molecule has 2 aromatic rings. The Morgan fingerprint density at radius 2 is 1.79 bits per heavy atom. The number of fused-ring (bicyclic) bond motifs is 1. The zero-order valence-corrected chi connectivity index (χ0v) is 14.2. The lowest BCUT2D eigenvalue weighted by atomic mass is 10.0. The number of benzene rings is 2. The van der Waals surface area contributed by atoms with E-state index in [4.69, 9.17) is 4.74 Å². The Morgan fingerprint density at radius 3 is 2.33 bits per heavy atom. The second kappa shape index (κ2) is 6.31. The number of carbonyl (C=O) groups excluding carboxylic acids is 2. The number of anilines is 1. The molecule has 0 spiro atoms. The van der Waals surface area contributed by atoms with Crippen molar-refractivity contribution in [1.29, 1.82) is 0 Å².